The summed E-state index contributed by atoms with van der Waals surface area (Å²) in [7, 11) is 1.60. The third-order valence-electron chi connectivity index (χ3n) is 4.07. The number of carbonyl (C=O) groups excluding carboxylic acids is 1. The van der Waals surface area contributed by atoms with Gasteiger partial charge >= 0.3 is 0 Å². The van der Waals surface area contributed by atoms with Crippen molar-refractivity contribution in [2.75, 3.05) is 43.6 Å². The largest absolute Gasteiger partial charge is 0.495 e. The van der Waals surface area contributed by atoms with Crippen molar-refractivity contribution in [2.24, 2.45) is 0 Å². The van der Waals surface area contributed by atoms with E-state index in [-0.39, 0.29) is 5.91 Å². The number of amides is 1. The average molecular weight is 358 g/mol. The molecule has 1 aliphatic rings. The Hall–Kier alpha value is -2.31. The number of carbonyl (C=O) groups is 1. The smallest absolute Gasteiger partial charge is 0.251 e. The van der Waals surface area contributed by atoms with Gasteiger partial charge in [0.25, 0.3) is 5.91 Å². The lowest BCUT2D eigenvalue weighted by Gasteiger charge is -2.29. The molecule has 0 atom stereocenters. The van der Waals surface area contributed by atoms with Crippen LogP contribution in [0.3, 0.4) is 0 Å². The van der Waals surface area contributed by atoms with Gasteiger partial charge in [-0.25, -0.2) is 0 Å². The second-order valence-electron chi connectivity index (χ2n) is 5.78. The zero-order chi connectivity index (χ0) is 17.6. The highest BCUT2D eigenvalue weighted by atomic mass is 32.1. The van der Waals surface area contributed by atoms with Crippen LogP contribution in [0.2, 0.25) is 0 Å². The van der Waals surface area contributed by atoms with Gasteiger partial charge in [-0.05, 0) is 42.6 Å². The van der Waals surface area contributed by atoms with E-state index in [1.807, 2.05) is 48.7 Å². The molecule has 5 nitrogen and oxygen atoms in total. The third kappa shape index (κ3) is 4.41. The second-order valence-corrected chi connectivity index (χ2v) is 6.76. The molecule has 0 bridgehead atoms. The average Bonchev–Trinajstić information content (AvgIpc) is 3.15. The first kappa shape index (κ1) is 17.5. The highest BCUT2D eigenvalue weighted by Gasteiger charge is 2.15. The van der Waals surface area contributed by atoms with E-state index < -0.39 is 0 Å². The highest BCUT2D eigenvalue weighted by molar-refractivity contribution is 7.10. The zero-order valence-corrected chi connectivity index (χ0v) is 15.3. The lowest BCUT2D eigenvalue weighted by atomic mass is 10.2. The minimum absolute atomic E-state index is 0.133. The summed E-state index contributed by atoms with van der Waals surface area (Å²) in [6.45, 7) is 4.94. The monoisotopic (exact) mass is 358 g/mol. The number of rotatable bonds is 5. The molecule has 132 valence electrons. The lowest BCUT2D eigenvalue weighted by molar-refractivity contribution is -0.112. The summed E-state index contributed by atoms with van der Waals surface area (Å²) in [5, 5.41) is 4.96. The van der Waals surface area contributed by atoms with Gasteiger partial charge in [-0.15, -0.1) is 11.3 Å². The van der Waals surface area contributed by atoms with Crippen molar-refractivity contribution >= 4 is 34.7 Å². The van der Waals surface area contributed by atoms with E-state index in [0.717, 1.165) is 36.9 Å². The number of nitrogens with zero attached hydrogens (tertiary/aromatic N) is 1. The van der Waals surface area contributed by atoms with Crippen molar-refractivity contribution in [1.29, 1.82) is 0 Å². The van der Waals surface area contributed by atoms with Gasteiger partial charge in [-0.3, -0.25) is 4.79 Å². The minimum atomic E-state index is -0.133. The number of ether oxygens (including phenoxy) is 2. The Morgan fingerprint density at radius 3 is 2.80 bits per heavy atom. The molecule has 1 N–H and O–H groups in total. The maximum Gasteiger partial charge on any atom is 0.251 e. The number of anilines is 2. The van der Waals surface area contributed by atoms with Gasteiger partial charge in [0.05, 0.1) is 26.0 Å². The van der Waals surface area contributed by atoms with E-state index in [1.54, 1.807) is 18.4 Å². The molecule has 2 heterocycles. The standard InChI is InChI=1S/C19H22N2O3S/c1-14(12-16-4-3-11-25-16)19(22)20-17-13-15(5-6-18(17)23-2)21-7-9-24-10-8-21/h3-6,11-13H,7-10H2,1-2H3,(H,20,22)/b14-12+. The molecule has 1 aliphatic heterocycles. The van der Waals surface area contributed by atoms with Crippen LogP contribution in [0.15, 0.2) is 41.3 Å². The minimum Gasteiger partial charge on any atom is -0.495 e. The molecule has 2 aromatic rings. The molecule has 0 saturated carbocycles. The first-order valence-electron chi connectivity index (χ1n) is 8.21. The number of nitrogens with one attached hydrogen (secondary N) is 1. The highest BCUT2D eigenvalue weighted by Crippen LogP contribution is 2.30. The Balaban J connectivity index is 1.78. The Bertz CT molecular complexity index is 750. The number of methoxy groups -OCH3 is 1. The van der Waals surface area contributed by atoms with Crippen LogP contribution in [-0.4, -0.2) is 39.3 Å². The molecule has 3 rings (SSSR count). The van der Waals surface area contributed by atoms with Gasteiger partial charge in [0, 0.05) is 29.2 Å². The van der Waals surface area contributed by atoms with Crippen molar-refractivity contribution in [3.8, 4) is 5.75 Å². The molecule has 1 amide bonds. The first-order valence-corrected chi connectivity index (χ1v) is 9.09. The molecule has 6 heteroatoms. The zero-order valence-electron chi connectivity index (χ0n) is 14.5. The molecule has 0 spiro atoms. The van der Waals surface area contributed by atoms with E-state index in [2.05, 4.69) is 10.2 Å². The lowest BCUT2D eigenvalue weighted by Crippen LogP contribution is -2.36. The van der Waals surface area contributed by atoms with Crippen LogP contribution in [0, 0.1) is 0 Å². The Labute approximate surface area is 151 Å². The Kier molecular flexibility index (Phi) is 5.73. The summed E-state index contributed by atoms with van der Waals surface area (Å²) < 4.78 is 10.8. The normalized spacial score (nSPS) is 15.1. The van der Waals surface area contributed by atoms with Crippen molar-refractivity contribution in [2.45, 2.75) is 6.92 Å². The molecule has 25 heavy (non-hydrogen) atoms. The SMILES string of the molecule is COc1ccc(N2CCOCC2)cc1NC(=O)/C(C)=C/c1cccs1. The summed E-state index contributed by atoms with van der Waals surface area (Å²) in [5.41, 5.74) is 2.39. The predicted molar refractivity (Wildman–Crippen MR) is 103 cm³/mol. The van der Waals surface area contributed by atoms with Crippen LogP contribution in [0.1, 0.15) is 11.8 Å². The van der Waals surface area contributed by atoms with Gasteiger partial charge in [0.1, 0.15) is 5.75 Å². The van der Waals surface area contributed by atoms with Gasteiger partial charge in [0.15, 0.2) is 0 Å². The summed E-state index contributed by atoms with van der Waals surface area (Å²) in [6, 6.07) is 9.81. The van der Waals surface area contributed by atoms with Crippen molar-refractivity contribution in [3.05, 3.63) is 46.2 Å². The first-order chi connectivity index (χ1) is 12.2. The quantitative estimate of drug-likeness (QED) is 0.829. The fraction of sp³-hybridized carbons (Fsp3) is 0.316. The Morgan fingerprint density at radius 1 is 1.32 bits per heavy atom. The maximum absolute atomic E-state index is 12.5. The van der Waals surface area contributed by atoms with Gasteiger partial charge < -0.3 is 19.7 Å². The van der Waals surface area contributed by atoms with Crippen molar-refractivity contribution < 1.29 is 14.3 Å². The predicted octanol–water partition coefficient (Wildman–Crippen LogP) is 3.64. The van der Waals surface area contributed by atoms with Crippen LogP contribution in [0.5, 0.6) is 5.75 Å². The van der Waals surface area contributed by atoms with Crippen LogP contribution in [0.25, 0.3) is 6.08 Å². The van der Waals surface area contributed by atoms with E-state index in [1.165, 1.54) is 0 Å². The third-order valence-corrected chi connectivity index (χ3v) is 4.89. The van der Waals surface area contributed by atoms with Crippen molar-refractivity contribution in [3.63, 3.8) is 0 Å². The summed E-state index contributed by atoms with van der Waals surface area (Å²) in [4.78, 5) is 15.8. The topological polar surface area (TPSA) is 50.8 Å². The fourth-order valence-corrected chi connectivity index (χ4v) is 3.40. The number of hydrogen-bond acceptors (Lipinski definition) is 5. The molecular weight excluding hydrogens is 336 g/mol. The molecule has 1 aromatic carbocycles. The van der Waals surface area contributed by atoms with Gasteiger partial charge in [-0.1, -0.05) is 6.07 Å². The van der Waals surface area contributed by atoms with E-state index in [4.69, 9.17) is 9.47 Å². The van der Waals surface area contributed by atoms with E-state index in [0.29, 0.717) is 17.0 Å². The molecule has 1 saturated heterocycles. The molecular formula is C19H22N2O3S. The molecule has 1 aromatic heterocycles. The number of morpholine rings is 1. The van der Waals surface area contributed by atoms with E-state index >= 15 is 0 Å². The van der Waals surface area contributed by atoms with Crippen molar-refractivity contribution in [1.82, 2.24) is 0 Å². The summed E-state index contributed by atoms with van der Waals surface area (Å²) in [6.07, 6.45) is 1.89. The number of thiophene rings is 1. The number of hydrogen-bond donors (Lipinski definition) is 1. The number of benzene rings is 1. The maximum atomic E-state index is 12.5. The second kappa shape index (κ2) is 8.18. The van der Waals surface area contributed by atoms with E-state index in [9.17, 15) is 4.79 Å². The Morgan fingerprint density at radius 2 is 2.12 bits per heavy atom. The molecule has 0 unspecified atom stereocenters. The molecule has 0 radical (unpaired) electrons. The fourth-order valence-electron chi connectivity index (χ4n) is 2.69. The summed E-state index contributed by atoms with van der Waals surface area (Å²) in [5.74, 6) is 0.514. The van der Waals surface area contributed by atoms with Crippen LogP contribution >= 0.6 is 11.3 Å². The van der Waals surface area contributed by atoms with Crippen LogP contribution in [0.4, 0.5) is 11.4 Å². The molecule has 0 aliphatic carbocycles. The van der Waals surface area contributed by atoms with Gasteiger partial charge in [0.2, 0.25) is 0 Å². The van der Waals surface area contributed by atoms with Gasteiger partial charge in [-0.2, -0.15) is 0 Å². The van der Waals surface area contributed by atoms with Crippen LogP contribution < -0.4 is 15.0 Å². The molecule has 1 fully saturated rings. The van der Waals surface area contributed by atoms with Crippen LogP contribution in [-0.2, 0) is 9.53 Å². The summed E-state index contributed by atoms with van der Waals surface area (Å²) >= 11 is 1.60.